The summed E-state index contributed by atoms with van der Waals surface area (Å²) in [4.78, 5) is 0. The van der Waals surface area contributed by atoms with E-state index in [-0.39, 0.29) is 0 Å². The molecule has 2 unspecified atom stereocenters. The first-order valence-electron chi connectivity index (χ1n) is 4.77. The minimum Gasteiger partial charge on any atom is -0.508 e. The molecule has 70 valence electrons. The lowest BCUT2D eigenvalue weighted by Gasteiger charge is -2.03. The van der Waals surface area contributed by atoms with E-state index < -0.39 is 0 Å². The zero-order chi connectivity index (χ0) is 9.26. The van der Waals surface area contributed by atoms with E-state index in [4.69, 9.17) is 0 Å². The lowest BCUT2D eigenvalue weighted by molar-refractivity contribution is 0.474. The molecule has 0 aromatic heterocycles. The van der Waals surface area contributed by atoms with Gasteiger partial charge >= 0.3 is 0 Å². The zero-order valence-electron chi connectivity index (χ0n) is 7.83. The van der Waals surface area contributed by atoms with Gasteiger partial charge in [0, 0.05) is 12.6 Å². The number of hydrogen-bond donors (Lipinski definition) is 2. The van der Waals surface area contributed by atoms with Crippen LogP contribution >= 0.6 is 0 Å². The Morgan fingerprint density at radius 1 is 1.54 bits per heavy atom. The maximum Gasteiger partial charge on any atom is 0.115 e. The van der Waals surface area contributed by atoms with Crippen LogP contribution in [0.15, 0.2) is 24.3 Å². The van der Waals surface area contributed by atoms with Crippen LogP contribution in [0.2, 0.25) is 0 Å². The van der Waals surface area contributed by atoms with Gasteiger partial charge in [-0.15, -0.1) is 0 Å². The Balaban J connectivity index is 1.87. The summed E-state index contributed by atoms with van der Waals surface area (Å²) in [7, 11) is 0. The van der Waals surface area contributed by atoms with E-state index in [9.17, 15) is 5.11 Å². The second-order valence-corrected chi connectivity index (χ2v) is 3.87. The highest BCUT2D eigenvalue weighted by Crippen LogP contribution is 2.29. The molecule has 0 radical (unpaired) electrons. The molecule has 1 aliphatic carbocycles. The highest BCUT2D eigenvalue weighted by molar-refractivity contribution is 5.27. The highest BCUT2D eigenvalue weighted by Gasteiger charge is 2.31. The fourth-order valence-electron chi connectivity index (χ4n) is 1.52. The fraction of sp³-hybridized carbons (Fsp3) is 0.455. The van der Waals surface area contributed by atoms with Crippen molar-refractivity contribution in [1.82, 2.24) is 5.32 Å². The average molecular weight is 177 g/mol. The third kappa shape index (κ3) is 2.22. The number of aromatic hydroxyl groups is 1. The SMILES string of the molecule is CC1CC1NCc1cccc(O)c1. The van der Waals surface area contributed by atoms with Crippen LogP contribution in [-0.4, -0.2) is 11.1 Å². The molecule has 0 heterocycles. The van der Waals surface area contributed by atoms with Crippen LogP contribution in [0.5, 0.6) is 5.75 Å². The maximum absolute atomic E-state index is 9.22. The molecule has 1 aliphatic rings. The first-order chi connectivity index (χ1) is 6.25. The third-order valence-electron chi connectivity index (χ3n) is 2.59. The zero-order valence-corrected chi connectivity index (χ0v) is 7.83. The molecule has 2 heteroatoms. The smallest absolute Gasteiger partial charge is 0.115 e. The number of nitrogens with one attached hydrogen (secondary N) is 1. The first kappa shape index (κ1) is 8.57. The molecule has 2 rings (SSSR count). The average Bonchev–Trinajstić information content (AvgIpc) is 2.79. The Labute approximate surface area is 78.6 Å². The minimum atomic E-state index is 0.350. The van der Waals surface area contributed by atoms with Crippen molar-refractivity contribution in [3.05, 3.63) is 29.8 Å². The Kier molecular flexibility index (Phi) is 2.23. The third-order valence-corrected chi connectivity index (χ3v) is 2.59. The molecule has 2 N–H and O–H groups in total. The van der Waals surface area contributed by atoms with Gasteiger partial charge in [0.1, 0.15) is 5.75 Å². The van der Waals surface area contributed by atoms with Gasteiger partial charge in [0.25, 0.3) is 0 Å². The van der Waals surface area contributed by atoms with Crippen molar-refractivity contribution < 1.29 is 5.11 Å². The lowest BCUT2D eigenvalue weighted by atomic mass is 10.2. The van der Waals surface area contributed by atoms with Gasteiger partial charge in [-0.2, -0.15) is 0 Å². The monoisotopic (exact) mass is 177 g/mol. The van der Waals surface area contributed by atoms with E-state index in [1.807, 2.05) is 12.1 Å². The van der Waals surface area contributed by atoms with Crippen LogP contribution < -0.4 is 5.32 Å². The van der Waals surface area contributed by atoms with Crippen molar-refractivity contribution in [2.45, 2.75) is 25.9 Å². The number of rotatable bonds is 3. The molecular weight excluding hydrogens is 162 g/mol. The second kappa shape index (κ2) is 3.38. The summed E-state index contributed by atoms with van der Waals surface area (Å²) in [5, 5.41) is 12.7. The van der Waals surface area contributed by atoms with Gasteiger partial charge < -0.3 is 10.4 Å². The topological polar surface area (TPSA) is 32.3 Å². The molecular formula is C11H15NO. The molecule has 0 saturated heterocycles. The van der Waals surface area contributed by atoms with E-state index in [2.05, 4.69) is 12.2 Å². The van der Waals surface area contributed by atoms with E-state index >= 15 is 0 Å². The summed E-state index contributed by atoms with van der Waals surface area (Å²) >= 11 is 0. The Morgan fingerprint density at radius 2 is 2.31 bits per heavy atom. The molecule has 2 atom stereocenters. The van der Waals surface area contributed by atoms with Crippen LogP contribution in [0.3, 0.4) is 0 Å². The molecule has 2 nitrogen and oxygen atoms in total. The number of benzene rings is 1. The quantitative estimate of drug-likeness (QED) is 0.739. The molecule has 1 saturated carbocycles. The van der Waals surface area contributed by atoms with Gasteiger partial charge in [-0.3, -0.25) is 0 Å². The van der Waals surface area contributed by atoms with Crippen molar-refractivity contribution in [2.75, 3.05) is 0 Å². The van der Waals surface area contributed by atoms with E-state index in [0.29, 0.717) is 11.8 Å². The number of phenols is 1. The molecule has 0 amide bonds. The maximum atomic E-state index is 9.22. The van der Waals surface area contributed by atoms with Crippen molar-refractivity contribution >= 4 is 0 Å². The Morgan fingerprint density at radius 3 is 2.92 bits per heavy atom. The van der Waals surface area contributed by atoms with Crippen LogP contribution in [-0.2, 0) is 6.54 Å². The molecule has 1 aromatic rings. The van der Waals surface area contributed by atoms with Crippen molar-refractivity contribution in [3.8, 4) is 5.75 Å². The summed E-state index contributed by atoms with van der Waals surface area (Å²) in [6, 6.07) is 8.11. The summed E-state index contributed by atoms with van der Waals surface area (Å²) < 4.78 is 0. The second-order valence-electron chi connectivity index (χ2n) is 3.87. The molecule has 13 heavy (non-hydrogen) atoms. The van der Waals surface area contributed by atoms with Crippen LogP contribution in [0, 0.1) is 5.92 Å². The summed E-state index contributed by atoms with van der Waals surface area (Å²) in [6.45, 7) is 3.11. The van der Waals surface area contributed by atoms with E-state index in [1.165, 1.54) is 6.42 Å². The molecule has 0 bridgehead atoms. The number of phenolic OH excluding ortho intramolecular Hbond substituents is 1. The molecule has 0 spiro atoms. The largest absolute Gasteiger partial charge is 0.508 e. The van der Waals surface area contributed by atoms with Crippen molar-refractivity contribution in [3.63, 3.8) is 0 Å². The van der Waals surface area contributed by atoms with Crippen LogP contribution in [0.1, 0.15) is 18.9 Å². The Hall–Kier alpha value is -1.02. The molecule has 1 aromatic carbocycles. The van der Waals surface area contributed by atoms with Crippen LogP contribution in [0.25, 0.3) is 0 Å². The van der Waals surface area contributed by atoms with Crippen molar-refractivity contribution in [2.24, 2.45) is 5.92 Å². The highest BCUT2D eigenvalue weighted by atomic mass is 16.3. The summed E-state index contributed by atoms with van der Waals surface area (Å²) in [5.41, 5.74) is 1.15. The first-order valence-corrected chi connectivity index (χ1v) is 4.77. The Bertz CT molecular complexity index is 298. The summed E-state index contributed by atoms with van der Waals surface area (Å²) in [6.07, 6.45) is 1.29. The minimum absolute atomic E-state index is 0.350. The normalized spacial score (nSPS) is 25.9. The van der Waals surface area contributed by atoms with Crippen LogP contribution in [0.4, 0.5) is 0 Å². The lowest BCUT2D eigenvalue weighted by Crippen LogP contribution is -2.16. The van der Waals surface area contributed by atoms with Gasteiger partial charge in [0.15, 0.2) is 0 Å². The van der Waals surface area contributed by atoms with Gasteiger partial charge in [0.2, 0.25) is 0 Å². The molecule has 0 aliphatic heterocycles. The predicted molar refractivity (Wildman–Crippen MR) is 52.5 cm³/mol. The van der Waals surface area contributed by atoms with Gasteiger partial charge in [0.05, 0.1) is 0 Å². The van der Waals surface area contributed by atoms with Gasteiger partial charge in [-0.1, -0.05) is 19.1 Å². The van der Waals surface area contributed by atoms with E-state index in [0.717, 1.165) is 18.0 Å². The number of hydrogen-bond acceptors (Lipinski definition) is 2. The standard InChI is InChI=1S/C11H15NO/c1-8-5-11(8)12-7-9-3-2-4-10(13)6-9/h2-4,6,8,11-13H,5,7H2,1H3. The fourth-order valence-corrected chi connectivity index (χ4v) is 1.52. The van der Waals surface area contributed by atoms with Gasteiger partial charge in [-0.05, 0) is 30.0 Å². The van der Waals surface area contributed by atoms with Gasteiger partial charge in [-0.25, -0.2) is 0 Å². The van der Waals surface area contributed by atoms with Crippen molar-refractivity contribution in [1.29, 1.82) is 0 Å². The molecule has 1 fully saturated rings. The predicted octanol–water partition coefficient (Wildman–Crippen LogP) is 1.89. The van der Waals surface area contributed by atoms with E-state index in [1.54, 1.807) is 12.1 Å². The summed E-state index contributed by atoms with van der Waals surface area (Å²) in [5.74, 6) is 1.18.